The highest BCUT2D eigenvalue weighted by molar-refractivity contribution is 7.13. The van der Waals surface area contributed by atoms with Gasteiger partial charge in [0.15, 0.2) is 5.69 Å². The molecule has 0 amide bonds. The Balaban J connectivity index is 2.04. The molecule has 0 radical (unpaired) electrons. The Morgan fingerprint density at radius 2 is 2.00 bits per heavy atom. The molecule has 3 rings (SSSR count). The summed E-state index contributed by atoms with van der Waals surface area (Å²) in [6.45, 7) is 0. The van der Waals surface area contributed by atoms with Gasteiger partial charge in [-0.25, -0.2) is 9.78 Å². The molecule has 19 heavy (non-hydrogen) atoms. The summed E-state index contributed by atoms with van der Waals surface area (Å²) >= 11 is 1.39. The second kappa shape index (κ2) is 4.74. The van der Waals surface area contributed by atoms with Crippen LogP contribution in [0.25, 0.3) is 21.6 Å². The molecule has 0 saturated carbocycles. The Morgan fingerprint density at radius 3 is 2.79 bits per heavy atom. The first-order valence-electron chi connectivity index (χ1n) is 5.53. The van der Waals surface area contributed by atoms with Crippen molar-refractivity contribution in [2.24, 2.45) is 0 Å². The number of ether oxygens (including phenoxy) is 1. The third kappa shape index (κ3) is 2.17. The van der Waals surface area contributed by atoms with Crippen LogP contribution in [0.5, 0.6) is 0 Å². The molecular weight excluding hydrogens is 262 g/mol. The normalized spacial score (nSPS) is 10.6. The van der Waals surface area contributed by atoms with Crippen LogP contribution in [0.1, 0.15) is 10.5 Å². The molecule has 0 aliphatic heterocycles. The summed E-state index contributed by atoms with van der Waals surface area (Å²) in [4.78, 5) is 24.1. The van der Waals surface area contributed by atoms with Gasteiger partial charge in [-0.2, -0.15) is 0 Å². The van der Waals surface area contributed by atoms with E-state index in [0.717, 1.165) is 21.6 Å². The summed E-state index contributed by atoms with van der Waals surface area (Å²) in [6.07, 6.45) is 3.30. The minimum absolute atomic E-state index is 0.321. The van der Waals surface area contributed by atoms with E-state index in [4.69, 9.17) is 0 Å². The Kier molecular flexibility index (Phi) is 2.92. The first kappa shape index (κ1) is 11.7. The highest BCUT2D eigenvalue weighted by Crippen LogP contribution is 2.26. The summed E-state index contributed by atoms with van der Waals surface area (Å²) in [5.74, 6) is -0.428. The van der Waals surface area contributed by atoms with E-state index in [-0.39, 0.29) is 0 Å². The first-order chi connectivity index (χ1) is 9.28. The highest BCUT2D eigenvalue weighted by atomic mass is 32.1. The van der Waals surface area contributed by atoms with Gasteiger partial charge in [0.2, 0.25) is 0 Å². The van der Waals surface area contributed by atoms with E-state index in [1.807, 2.05) is 18.2 Å². The molecule has 94 valence electrons. The van der Waals surface area contributed by atoms with Crippen molar-refractivity contribution in [1.82, 2.24) is 15.0 Å². The number of benzene rings is 1. The molecule has 0 unspecified atom stereocenters. The SMILES string of the molecule is COC(=O)c1csc(-c2ccc3nccnc3c2)n1. The van der Waals surface area contributed by atoms with Gasteiger partial charge in [-0.05, 0) is 18.2 Å². The number of aromatic nitrogens is 3. The van der Waals surface area contributed by atoms with Crippen molar-refractivity contribution < 1.29 is 9.53 Å². The van der Waals surface area contributed by atoms with Crippen molar-refractivity contribution in [2.75, 3.05) is 7.11 Å². The summed E-state index contributed by atoms with van der Waals surface area (Å²) < 4.78 is 4.64. The van der Waals surface area contributed by atoms with Gasteiger partial charge in [0.1, 0.15) is 5.01 Å². The monoisotopic (exact) mass is 271 g/mol. The van der Waals surface area contributed by atoms with Crippen LogP contribution in [-0.4, -0.2) is 28.0 Å². The fourth-order valence-electron chi connectivity index (χ4n) is 1.70. The molecule has 3 aromatic rings. The molecule has 0 aliphatic carbocycles. The third-order valence-electron chi connectivity index (χ3n) is 2.61. The summed E-state index contributed by atoms with van der Waals surface area (Å²) in [5.41, 5.74) is 2.86. The second-order valence-electron chi connectivity index (χ2n) is 3.79. The summed E-state index contributed by atoms with van der Waals surface area (Å²) in [6, 6.07) is 5.70. The molecule has 0 N–H and O–H groups in total. The van der Waals surface area contributed by atoms with Gasteiger partial charge in [-0.3, -0.25) is 9.97 Å². The number of esters is 1. The van der Waals surface area contributed by atoms with Crippen LogP contribution in [0.3, 0.4) is 0 Å². The van der Waals surface area contributed by atoms with Gasteiger partial charge in [0.05, 0.1) is 18.1 Å². The van der Waals surface area contributed by atoms with Crippen molar-refractivity contribution in [3.05, 3.63) is 41.7 Å². The quantitative estimate of drug-likeness (QED) is 0.670. The predicted molar refractivity (Wildman–Crippen MR) is 72.0 cm³/mol. The van der Waals surface area contributed by atoms with E-state index in [1.165, 1.54) is 18.4 Å². The van der Waals surface area contributed by atoms with Gasteiger partial charge in [-0.1, -0.05) is 0 Å². The van der Waals surface area contributed by atoms with Crippen molar-refractivity contribution in [2.45, 2.75) is 0 Å². The van der Waals surface area contributed by atoms with Crippen LogP contribution in [0.4, 0.5) is 0 Å². The molecule has 0 atom stereocenters. The lowest BCUT2D eigenvalue weighted by Crippen LogP contribution is -2.00. The van der Waals surface area contributed by atoms with E-state index in [9.17, 15) is 4.79 Å². The molecule has 0 bridgehead atoms. The number of fused-ring (bicyclic) bond motifs is 1. The lowest BCUT2D eigenvalue weighted by atomic mass is 10.2. The van der Waals surface area contributed by atoms with Crippen LogP contribution in [-0.2, 0) is 4.74 Å². The van der Waals surface area contributed by atoms with Crippen molar-refractivity contribution in [1.29, 1.82) is 0 Å². The lowest BCUT2D eigenvalue weighted by molar-refractivity contribution is 0.0595. The molecular formula is C13H9N3O2S. The number of methoxy groups -OCH3 is 1. The van der Waals surface area contributed by atoms with Crippen molar-refractivity contribution >= 4 is 28.3 Å². The Morgan fingerprint density at radius 1 is 1.21 bits per heavy atom. The fourth-order valence-corrected chi connectivity index (χ4v) is 2.49. The zero-order chi connectivity index (χ0) is 13.2. The van der Waals surface area contributed by atoms with E-state index >= 15 is 0 Å². The smallest absolute Gasteiger partial charge is 0.357 e. The molecule has 0 fully saturated rings. The molecule has 2 heterocycles. The van der Waals surface area contributed by atoms with Gasteiger partial charge < -0.3 is 4.74 Å². The number of rotatable bonds is 2. The van der Waals surface area contributed by atoms with Gasteiger partial charge in [0.25, 0.3) is 0 Å². The zero-order valence-electron chi connectivity index (χ0n) is 10.0. The van der Waals surface area contributed by atoms with Crippen LogP contribution in [0, 0.1) is 0 Å². The molecule has 2 aromatic heterocycles. The number of hydrogen-bond donors (Lipinski definition) is 0. The van der Waals surface area contributed by atoms with Gasteiger partial charge >= 0.3 is 5.97 Å². The summed E-state index contributed by atoms with van der Waals surface area (Å²) in [7, 11) is 1.34. The van der Waals surface area contributed by atoms with E-state index in [0.29, 0.717) is 5.69 Å². The van der Waals surface area contributed by atoms with E-state index in [2.05, 4.69) is 19.7 Å². The number of carbonyl (C=O) groups excluding carboxylic acids is 1. The molecule has 0 spiro atoms. The van der Waals surface area contributed by atoms with E-state index in [1.54, 1.807) is 17.8 Å². The largest absolute Gasteiger partial charge is 0.464 e. The maximum atomic E-state index is 11.4. The maximum absolute atomic E-state index is 11.4. The second-order valence-corrected chi connectivity index (χ2v) is 4.65. The van der Waals surface area contributed by atoms with Crippen molar-refractivity contribution in [3.63, 3.8) is 0 Å². The standard InChI is InChI=1S/C13H9N3O2S/c1-18-13(17)11-7-19-12(16-11)8-2-3-9-10(6-8)15-5-4-14-9/h2-7H,1H3. The number of hydrogen-bond acceptors (Lipinski definition) is 6. The number of thiazole rings is 1. The molecule has 1 aromatic carbocycles. The molecule has 5 nitrogen and oxygen atoms in total. The minimum atomic E-state index is -0.428. The molecule has 0 aliphatic rings. The maximum Gasteiger partial charge on any atom is 0.357 e. The minimum Gasteiger partial charge on any atom is -0.464 e. The lowest BCUT2D eigenvalue weighted by Gasteiger charge is -1.99. The van der Waals surface area contributed by atoms with Crippen LogP contribution in [0.15, 0.2) is 36.0 Å². The van der Waals surface area contributed by atoms with Crippen LogP contribution in [0.2, 0.25) is 0 Å². The van der Waals surface area contributed by atoms with Crippen LogP contribution >= 0.6 is 11.3 Å². The number of carbonyl (C=O) groups is 1. The Hall–Kier alpha value is -2.34. The first-order valence-corrected chi connectivity index (χ1v) is 6.41. The van der Waals surface area contributed by atoms with Gasteiger partial charge in [-0.15, -0.1) is 11.3 Å². The molecule has 0 saturated heterocycles. The topological polar surface area (TPSA) is 65.0 Å². The Labute approximate surface area is 112 Å². The van der Waals surface area contributed by atoms with Crippen molar-refractivity contribution in [3.8, 4) is 10.6 Å². The van der Waals surface area contributed by atoms with Gasteiger partial charge in [0, 0.05) is 23.3 Å². The third-order valence-corrected chi connectivity index (χ3v) is 3.51. The number of nitrogens with zero attached hydrogens (tertiary/aromatic N) is 3. The Bertz CT molecular complexity index is 754. The van der Waals surface area contributed by atoms with Crippen LogP contribution < -0.4 is 0 Å². The average Bonchev–Trinajstić information content (AvgIpc) is 2.95. The molecule has 6 heteroatoms. The highest BCUT2D eigenvalue weighted by Gasteiger charge is 2.12. The fraction of sp³-hybridized carbons (Fsp3) is 0.0769. The average molecular weight is 271 g/mol. The zero-order valence-corrected chi connectivity index (χ0v) is 10.8. The van der Waals surface area contributed by atoms with E-state index < -0.39 is 5.97 Å². The predicted octanol–water partition coefficient (Wildman–Crippen LogP) is 2.54. The summed E-state index contributed by atoms with van der Waals surface area (Å²) in [5, 5.41) is 2.44.